The molecule has 3 rings (SSSR count). The van der Waals surface area contributed by atoms with Crippen LogP contribution in [0.2, 0.25) is 5.02 Å². The largest absolute Gasteiger partial charge is 0.366 e. The van der Waals surface area contributed by atoms with Crippen LogP contribution in [0.4, 0.5) is 5.69 Å². The second-order valence-electron chi connectivity index (χ2n) is 5.58. The molecule has 0 bridgehead atoms. The Morgan fingerprint density at radius 2 is 1.92 bits per heavy atom. The molecule has 0 spiro atoms. The predicted molar refractivity (Wildman–Crippen MR) is 108 cm³/mol. The number of hydrogen-bond donors (Lipinski definition) is 2. The summed E-state index contributed by atoms with van der Waals surface area (Å²) in [4.78, 5) is 5.92. The molecule has 26 heavy (non-hydrogen) atoms. The van der Waals surface area contributed by atoms with E-state index in [4.69, 9.17) is 16.7 Å². The fourth-order valence-electron chi connectivity index (χ4n) is 2.48. The second kappa shape index (κ2) is 7.75. The third-order valence-electron chi connectivity index (χ3n) is 3.93. The molecule has 1 aliphatic rings. The van der Waals surface area contributed by atoms with E-state index in [9.17, 15) is 13.5 Å². The van der Waals surface area contributed by atoms with E-state index in [1.54, 1.807) is 18.0 Å². The van der Waals surface area contributed by atoms with Gasteiger partial charge in [0.2, 0.25) is 10.0 Å². The summed E-state index contributed by atoms with van der Waals surface area (Å²) in [6.45, 7) is 0. The van der Waals surface area contributed by atoms with Crippen molar-refractivity contribution >= 4 is 56.6 Å². The zero-order valence-electron chi connectivity index (χ0n) is 13.7. The highest BCUT2D eigenvalue weighted by Gasteiger charge is 2.43. The van der Waals surface area contributed by atoms with Crippen molar-refractivity contribution in [2.75, 3.05) is 12.8 Å². The minimum atomic E-state index is -3.99. The first-order valence-corrected chi connectivity index (χ1v) is 10.2. The van der Waals surface area contributed by atoms with Gasteiger partial charge in [0.05, 0.1) is 16.5 Å². The van der Waals surface area contributed by atoms with Crippen molar-refractivity contribution in [1.29, 1.82) is 0 Å². The van der Waals surface area contributed by atoms with Crippen LogP contribution in [0, 0.1) is 0 Å². The van der Waals surface area contributed by atoms with Gasteiger partial charge in [-0.3, -0.25) is 0 Å². The summed E-state index contributed by atoms with van der Waals surface area (Å²) in [5.41, 5.74) is -0.265. The Bertz CT molecular complexity index is 939. The SMILES string of the molecule is CN1C(=Nc2ccccc2)SCC1(O)c1ccc(Cl)c(S(N)(=O)=O)c1.Cl. The molecule has 6 nitrogen and oxygen atoms in total. The van der Waals surface area contributed by atoms with Crippen molar-refractivity contribution in [3.63, 3.8) is 0 Å². The minimum Gasteiger partial charge on any atom is -0.366 e. The molecule has 3 N–H and O–H groups in total. The monoisotopic (exact) mass is 433 g/mol. The first-order chi connectivity index (χ1) is 11.7. The normalized spacial score (nSPS) is 21.7. The van der Waals surface area contributed by atoms with Gasteiger partial charge in [0.15, 0.2) is 10.9 Å². The highest BCUT2D eigenvalue weighted by molar-refractivity contribution is 8.14. The molecule has 10 heteroatoms. The van der Waals surface area contributed by atoms with Crippen molar-refractivity contribution in [2.24, 2.45) is 10.1 Å². The number of rotatable bonds is 3. The van der Waals surface area contributed by atoms with E-state index in [1.165, 1.54) is 23.9 Å². The van der Waals surface area contributed by atoms with Gasteiger partial charge in [-0.2, -0.15) is 0 Å². The standard InChI is InChI=1S/C16H16ClN3O3S2.ClH/c1-20-15(19-12-5-3-2-4-6-12)24-10-16(20,21)11-7-8-13(17)14(9-11)25(18,22)23;/h2-9,21H,10H2,1H3,(H2,18,22,23);1H. The summed E-state index contributed by atoms with van der Waals surface area (Å²) in [6, 6.07) is 13.7. The average Bonchev–Trinajstić information content (AvgIpc) is 2.85. The molecule has 1 unspecified atom stereocenters. The number of amidine groups is 1. The molecule has 0 aliphatic carbocycles. The number of halogens is 2. The topological polar surface area (TPSA) is 96.0 Å². The highest BCUT2D eigenvalue weighted by atomic mass is 35.5. The number of nitrogens with zero attached hydrogens (tertiary/aromatic N) is 2. The van der Waals surface area contributed by atoms with Crippen LogP contribution in [-0.4, -0.2) is 36.4 Å². The Labute approximate surface area is 167 Å². The van der Waals surface area contributed by atoms with Crippen molar-refractivity contribution in [3.05, 3.63) is 59.1 Å². The predicted octanol–water partition coefficient (Wildman–Crippen LogP) is 2.92. The maximum Gasteiger partial charge on any atom is 0.239 e. The average molecular weight is 434 g/mol. The Hall–Kier alpha value is -1.29. The third kappa shape index (κ3) is 4.00. The molecule has 0 amide bonds. The molecule has 0 saturated carbocycles. The van der Waals surface area contributed by atoms with Gasteiger partial charge >= 0.3 is 0 Å². The van der Waals surface area contributed by atoms with Crippen LogP contribution in [0.1, 0.15) is 5.56 Å². The van der Waals surface area contributed by atoms with E-state index in [0.29, 0.717) is 16.5 Å². The zero-order chi connectivity index (χ0) is 18.2. The van der Waals surface area contributed by atoms with Gasteiger partial charge in [-0.1, -0.05) is 47.6 Å². The first-order valence-electron chi connectivity index (χ1n) is 7.27. The number of aliphatic hydroxyl groups is 1. The van der Waals surface area contributed by atoms with Gasteiger partial charge in [-0.15, -0.1) is 12.4 Å². The van der Waals surface area contributed by atoms with Crippen molar-refractivity contribution in [2.45, 2.75) is 10.6 Å². The lowest BCUT2D eigenvalue weighted by atomic mass is 10.0. The molecule has 0 aromatic heterocycles. The van der Waals surface area contributed by atoms with Crippen LogP contribution in [0.25, 0.3) is 0 Å². The van der Waals surface area contributed by atoms with Crippen LogP contribution >= 0.6 is 35.8 Å². The van der Waals surface area contributed by atoms with Crippen LogP contribution in [0.5, 0.6) is 0 Å². The van der Waals surface area contributed by atoms with E-state index in [2.05, 4.69) is 4.99 Å². The quantitative estimate of drug-likeness (QED) is 0.775. The number of thioether (sulfide) groups is 1. The summed E-state index contributed by atoms with van der Waals surface area (Å²) in [5.74, 6) is 0.293. The van der Waals surface area contributed by atoms with Crippen LogP contribution in [0.3, 0.4) is 0 Å². The zero-order valence-corrected chi connectivity index (χ0v) is 16.9. The van der Waals surface area contributed by atoms with Crippen molar-refractivity contribution < 1.29 is 13.5 Å². The van der Waals surface area contributed by atoms with Gasteiger partial charge in [0.25, 0.3) is 0 Å². The lowest BCUT2D eigenvalue weighted by Crippen LogP contribution is -2.42. The summed E-state index contributed by atoms with van der Waals surface area (Å²) in [7, 11) is -2.29. The summed E-state index contributed by atoms with van der Waals surface area (Å²) in [6.07, 6.45) is 0. The Kier molecular flexibility index (Phi) is 6.27. The molecular formula is C16H17Cl2N3O3S2. The number of nitrogens with two attached hydrogens (primary N) is 1. The molecule has 0 radical (unpaired) electrons. The minimum absolute atomic E-state index is 0. The van der Waals surface area contributed by atoms with Gasteiger partial charge in [0, 0.05) is 12.6 Å². The molecular weight excluding hydrogens is 417 g/mol. The number of benzene rings is 2. The maximum absolute atomic E-state index is 11.7. The lowest BCUT2D eigenvalue weighted by Gasteiger charge is -2.31. The number of primary sulfonamides is 1. The lowest BCUT2D eigenvalue weighted by molar-refractivity contribution is -0.0349. The molecule has 140 valence electrons. The van der Waals surface area contributed by atoms with Gasteiger partial charge in [-0.25, -0.2) is 18.5 Å². The van der Waals surface area contributed by atoms with Gasteiger partial charge < -0.3 is 10.0 Å². The number of sulfonamides is 1. The third-order valence-corrected chi connectivity index (χ3v) is 6.49. The fraction of sp³-hybridized carbons (Fsp3) is 0.188. The summed E-state index contributed by atoms with van der Waals surface area (Å²) < 4.78 is 23.4. The molecule has 2 aromatic rings. The van der Waals surface area contributed by atoms with Crippen molar-refractivity contribution in [1.82, 2.24) is 4.90 Å². The number of para-hydroxylation sites is 1. The Morgan fingerprint density at radius 3 is 2.54 bits per heavy atom. The van der Waals surface area contributed by atoms with E-state index in [-0.39, 0.29) is 22.3 Å². The fourth-order valence-corrected chi connectivity index (χ4v) is 4.76. The summed E-state index contributed by atoms with van der Waals surface area (Å²) >= 11 is 7.30. The summed E-state index contributed by atoms with van der Waals surface area (Å²) in [5, 5.41) is 16.9. The molecule has 1 fully saturated rings. The molecule has 1 aliphatic heterocycles. The maximum atomic E-state index is 11.7. The molecule has 2 aromatic carbocycles. The number of hydrogen-bond acceptors (Lipinski definition) is 5. The second-order valence-corrected chi connectivity index (χ2v) is 8.46. The van der Waals surface area contributed by atoms with Crippen LogP contribution in [0.15, 0.2) is 58.4 Å². The van der Waals surface area contributed by atoms with E-state index < -0.39 is 15.7 Å². The van der Waals surface area contributed by atoms with E-state index in [0.717, 1.165) is 5.69 Å². The first kappa shape index (κ1) is 21.0. The number of aliphatic imine (C=N–C) groups is 1. The van der Waals surface area contributed by atoms with E-state index in [1.807, 2.05) is 30.3 Å². The Balaban J connectivity index is 0.00000243. The highest BCUT2D eigenvalue weighted by Crippen LogP contribution is 2.40. The molecule has 1 heterocycles. The molecule has 1 atom stereocenters. The van der Waals surface area contributed by atoms with Gasteiger partial charge in [0.1, 0.15) is 4.90 Å². The smallest absolute Gasteiger partial charge is 0.239 e. The van der Waals surface area contributed by atoms with Crippen molar-refractivity contribution in [3.8, 4) is 0 Å². The Morgan fingerprint density at radius 1 is 1.27 bits per heavy atom. The van der Waals surface area contributed by atoms with E-state index >= 15 is 0 Å². The van der Waals surface area contributed by atoms with Gasteiger partial charge in [-0.05, 0) is 24.3 Å². The van der Waals surface area contributed by atoms with Crippen LogP contribution < -0.4 is 5.14 Å². The molecule has 1 saturated heterocycles. The van der Waals surface area contributed by atoms with Crippen LogP contribution in [-0.2, 0) is 15.7 Å².